The van der Waals surface area contributed by atoms with Crippen LogP contribution in [0.3, 0.4) is 0 Å². The van der Waals surface area contributed by atoms with Crippen molar-refractivity contribution in [1.82, 2.24) is 9.97 Å². The third-order valence-corrected chi connectivity index (χ3v) is 7.17. The highest BCUT2D eigenvalue weighted by Gasteiger charge is 2.33. The van der Waals surface area contributed by atoms with Crippen molar-refractivity contribution in [2.24, 2.45) is 0 Å². The van der Waals surface area contributed by atoms with Crippen LogP contribution in [0.1, 0.15) is 40.2 Å². The zero-order chi connectivity index (χ0) is 22.1. The maximum atomic E-state index is 13.0. The van der Waals surface area contributed by atoms with Gasteiger partial charge in [0.15, 0.2) is 10.3 Å². The van der Waals surface area contributed by atoms with E-state index in [-0.39, 0.29) is 17.7 Å². The number of aryl methyl sites for hydroxylation is 1. The predicted octanol–water partition coefficient (Wildman–Crippen LogP) is 5.07. The molecular weight excluding hydrogens is 444 g/mol. The van der Waals surface area contributed by atoms with E-state index >= 15 is 0 Å². The Morgan fingerprint density at radius 2 is 1.88 bits per heavy atom. The second kappa shape index (κ2) is 8.68. The van der Waals surface area contributed by atoms with Crippen molar-refractivity contribution < 1.29 is 14.3 Å². The van der Waals surface area contributed by atoms with E-state index in [0.717, 1.165) is 33.0 Å². The van der Waals surface area contributed by atoms with Gasteiger partial charge in [-0.05, 0) is 50.1 Å². The minimum Gasteiger partial charge on any atom is -0.494 e. The fourth-order valence-corrected chi connectivity index (χ4v) is 5.63. The first-order valence-electron chi connectivity index (χ1n) is 10.3. The van der Waals surface area contributed by atoms with Gasteiger partial charge in [-0.25, -0.2) is 9.97 Å². The lowest BCUT2D eigenvalue weighted by atomic mass is 10.1. The molecule has 1 atom stereocenters. The van der Waals surface area contributed by atoms with E-state index in [1.165, 1.54) is 22.7 Å². The lowest BCUT2D eigenvalue weighted by molar-refractivity contribution is -0.117. The SMILES string of the molecule is CCOc1ccc2nc(NC(=O)C3CCc4sc(NC(=O)c5ccccc5)nc43)sc2c1. The van der Waals surface area contributed by atoms with Crippen molar-refractivity contribution in [3.8, 4) is 5.75 Å². The number of thiazole rings is 2. The van der Waals surface area contributed by atoms with E-state index in [1.54, 1.807) is 12.1 Å². The molecule has 0 radical (unpaired) electrons. The van der Waals surface area contributed by atoms with Crippen LogP contribution in [-0.2, 0) is 11.2 Å². The molecule has 1 aliphatic carbocycles. The lowest BCUT2D eigenvalue weighted by Crippen LogP contribution is -2.20. The predicted molar refractivity (Wildman–Crippen MR) is 127 cm³/mol. The Morgan fingerprint density at radius 3 is 2.69 bits per heavy atom. The summed E-state index contributed by atoms with van der Waals surface area (Å²) in [4.78, 5) is 35.5. The number of nitrogens with zero attached hydrogens (tertiary/aromatic N) is 2. The lowest BCUT2D eigenvalue weighted by Gasteiger charge is -2.08. The number of hydrogen-bond acceptors (Lipinski definition) is 7. The number of carbonyl (C=O) groups is 2. The zero-order valence-electron chi connectivity index (χ0n) is 17.3. The van der Waals surface area contributed by atoms with E-state index in [2.05, 4.69) is 20.6 Å². The van der Waals surface area contributed by atoms with Crippen LogP contribution >= 0.6 is 22.7 Å². The van der Waals surface area contributed by atoms with E-state index in [1.807, 2.05) is 43.3 Å². The summed E-state index contributed by atoms with van der Waals surface area (Å²) in [6, 6.07) is 14.7. The van der Waals surface area contributed by atoms with Crippen molar-refractivity contribution in [3.05, 3.63) is 64.7 Å². The first kappa shape index (κ1) is 20.6. The summed E-state index contributed by atoms with van der Waals surface area (Å²) in [5, 5.41) is 6.87. The van der Waals surface area contributed by atoms with Crippen LogP contribution in [0.15, 0.2) is 48.5 Å². The summed E-state index contributed by atoms with van der Waals surface area (Å²) in [6.45, 7) is 2.54. The average Bonchev–Trinajstić information content (AvgIpc) is 3.47. The molecule has 162 valence electrons. The minimum absolute atomic E-state index is 0.126. The quantitative estimate of drug-likeness (QED) is 0.415. The molecule has 2 amide bonds. The van der Waals surface area contributed by atoms with Crippen molar-refractivity contribution in [3.63, 3.8) is 0 Å². The fraction of sp³-hybridized carbons (Fsp3) is 0.217. The number of nitrogens with one attached hydrogen (secondary N) is 2. The molecule has 2 N–H and O–H groups in total. The van der Waals surface area contributed by atoms with E-state index < -0.39 is 0 Å². The number of amides is 2. The van der Waals surface area contributed by atoms with Gasteiger partial charge in [0.25, 0.3) is 5.91 Å². The third kappa shape index (κ3) is 4.09. The molecule has 0 bridgehead atoms. The second-order valence-corrected chi connectivity index (χ2v) is 9.42. The summed E-state index contributed by atoms with van der Waals surface area (Å²) in [7, 11) is 0. The summed E-state index contributed by atoms with van der Waals surface area (Å²) in [5.41, 5.74) is 2.14. The first-order chi connectivity index (χ1) is 15.6. The molecule has 2 heterocycles. The smallest absolute Gasteiger partial charge is 0.257 e. The van der Waals surface area contributed by atoms with Gasteiger partial charge >= 0.3 is 0 Å². The molecule has 0 saturated carbocycles. The average molecular weight is 465 g/mol. The monoisotopic (exact) mass is 464 g/mol. The number of hydrogen-bond donors (Lipinski definition) is 2. The van der Waals surface area contributed by atoms with E-state index in [9.17, 15) is 9.59 Å². The summed E-state index contributed by atoms with van der Waals surface area (Å²) in [5.74, 6) is 0.100. The molecule has 2 aromatic carbocycles. The van der Waals surface area contributed by atoms with Crippen LogP contribution in [0.5, 0.6) is 5.75 Å². The van der Waals surface area contributed by atoms with Gasteiger partial charge in [0, 0.05) is 10.4 Å². The number of benzene rings is 2. The summed E-state index contributed by atoms with van der Waals surface area (Å²) in [6.07, 6.45) is 1.47. The number of anilines is 2. The molecular formula is C23H20N4O3S2. The van der Waals surface area contributed by atoms with E-state index in [4.69, 9.17) is 4.74 Å². The molecule has 5 rings (SSSR count). The minimum atomic E-state index is -0.352. The maximum absolute atomic E-state index is 13.0. The Morgan fingerprint density at radius 1 is 1.06 bits per heavy atom. The fourth-order valence-electron chi connectivity index (χ4n) is 3.70. The Hall–Kier alpha value is -3.30. The van der Waals surface area contributed by atoms with Gasteiger partial charge in [-0.1, -0.05) is 29.5 Å². The molecule has 7 nitrogen and oxygen atoms in total. The standard InChI is InChI=1S/C23H20N4O3S2/c1-2-30-14-8-10-16-18(12-14)32-22(24-16)27-21(29)15-9-11-17-19(15)25-23(31-17)26-20(28)13-6-4-3-5-7-13/h3-8,10,12,15H,2,9,11H2,1H3,(H,24,27,29)(H,25,26,28). The highest BCUT2D eigenvalue weighted by molar-refractivity contribution is 7.22. The highest BCUT2D eigenvalue weighted by Crippen LogP contribution is 2.39. The summed E-state index contributed by atoms with van der Waals surface area (Å²) >= 11 is 2.85. The first-order valence-corrected chi connectivity index (χ1v) is 11.9. The summed E-state index contributed by atoms with van der Waals surface area (Å²) < 4.78 is 6.49. The second-order valence-electron chi connectivity index (χ2n) is 7.31. The van der Waals surface area contributed by atoms with Gasteiger partial charge in [0.05, 0.1) is 28.4 Å². The van der Waals surface area contributed by atoms with Crippen LogP contribution in [0.2, 0.25) is 0 Å². The number of carbonyl (C=O) groups excluding carboxylic acids is 2. The third-order valence-electron chi connectivity index (χ3n) is 5.19. The van der Waals surface area contributed by atoms with Crippen LogP contribution in [0.4, 0.5) is 10.3 Å². The normalized spacial score (nSPS) is 14.8. The number of ether oxygens (including phenoxy) is 1. The van der Waals surface area contributed by atoms with E-state index in [0.29, 0.717) is 28.9 Å². The molecule has 1 aliphatic rings. The van der Waals surface area contributed by atoms with Crippen LogP contribution < -0.4 is 15.4 Å². The number of rotatable bonds is 6. The van der Waals surface area contributed by atoms with Crippen LogP contribution in [-0.4, -0.2) is 28.4 Å². The maximum Gasteiger partial charge on any atom is 0.257 e. The Kier molecular flexibility index (Phi) is 5.59. The highest BCUT2D eigenvalue weighted by atomic mass is 32.1. The molecule has 9 heteroatoms. The van der Waals surface area contributed by atoms with Crippen molar-refractivity contribution in [2.45, 2.75) is 25.7 Å². The van der Waals surface area contributed by atoms with Crippen LogP contribution in [0, 0.1) is 0 Å². The molecule has 1 unspecified atom stereocenters. The Balaban J connectivity index is 1.29. The molecule has 2 aromatic heterocycles. The van der Waals surface area contributed by atoms with Gasteiger partial charge in [0.1, 0.15) is 5.75 Å². The number of fused-ring (bicyclic) bond motifs is 2. The topological polar surface area (TPSA) is 93.2 Å². The van der Waals surface area contributed by atoms with Crippen LogP contribution in [0.25, 0.3) is 10.2 Å². The van der Waals surface area contributed by atoms with Gasteiger partial charge < -0.3 is 10.1 Å². The molecule has 32 heavy (non-hydrogen) atoms. The number of aromatic nitrogens is 2. The molecule has 0 saturated heterocycles. The van der Waals surface area contributed by atoms with Gasteiger partial charge in [-0.3, -0.25) is 14.9 Å². The van der Waals surface area contributed by atoms with Gasteiger partial charge in [-0.15, -0.1) is 11.3 Å². The van der Waals surface area contributed by atoms with Crippen molar-refractivity contribution >= 4 is 55.0 Å². The van der Waals surface area contributed by atoms with Crippen molar-refractivity contribution in [1.29, 1.82) is 0 Å². The molecule has 0 aliphatic heterocycles. The zero-order valence-corrected chi connectivity index (χ0v) is 18.9. The molecule has 0 spiro atoms. The van der Waals surface area contributed by atoms with Gasteiger partial charge in [0.2, 0.25) is 5.91 Å². The Bertz CT molecular complexity index is 1300. The largest absolute Gasteiger partial charge is 0.494 e. The van der Waals surface area contributed by atoms with Crippen molar-refractivity contribution in [2.75, 3.05) is 17.2 Å². The van der Waals surface area contributed by atoms with Gasteiger partial charge in [-0.2, -0.15) is 0 Å². The molecule has 4 aromatic rings. The Labute approximate surface area is 192 Å². The molecule has 0 fully saturated rings.